The van der Waals surface area contributed by atoms with Crippen molar-refractivity contribution in [3.8, 4) is 11.1 Å². The minimum Gasteiger partial charge on any atom is -0.467 e. The van der Waals surface area contributed by atoms with Crippen molar-refractivity contribution in [1.82, 2.24) is 15.3 Å². The monoisotopic (exact) mass is 189 g/mol. The lowest BCUT2D eigenvalue weighted by Crippen LogP contribution is -2.04. The Bertz CT molecular complexity index is 397. The van der Waals surface area contributed by atoms with Gasteiger partial charge in [-0.05, 0) is 13.1 Å². The van der Waals surface area contributed by atoms with Crippen molar-refractivity contribution in [3.05, 3.63) is 36.8 Å². The van der Waals surface area contributed by atoms with Gasteiger partial charge in [0.2, 0.25) is 0 Å². The topological polar surface area (TPSA) is 51.0 Å². The predicted octanol–water partition coefficient (Wildman–Crippen LogP) is 1.46. The van der Waals surface area contributed by atoms with Gasteiger partial charge in [0.05, 0.1) is 12.8 Å². The number of nitrogens with zero attached hydrogens (tertiary/aromatic N) is 2. The van der Waals surface area contributed by atoms with Gasteiger partial charge < -0.3 is 9.73 Å². The Balaban J connectivity index is 2.37. The van der Waals surface area contributed by atoms with Crippen molar-refractivity contribution in [3.63, 3.8) is 0 Å². The highest BCUT2D eigenvalue weighted by Gasteiger charge is 2.07. The van der Waals surface area contributed by atoms with E-state index >= 15 is 0 Å². The van der Waals surface area contributed by atoms with Gasteiger partial charge in [0.15, 0.2) is 0 Å². The molecule has 1 N–H and O–H groups in total. The molecule has 0 aliphatic heterocycles. The highest BCUT2D eigenvalue weighted by atomic mass is 16.3. The molecule has 4 nitrogen and oxygen atoms in total. The summed E-state index contributed by atoms with van der Waals surface area (Å²) in [6.45, 7) is 0.706. The second-order valence-electron chi connectivity index (χ2n) is 2.91. The number of hydrogen-bond acceptors (Lipinski definition) is 4. The maximum absolute atomic E-state index is 5.34. The lowest BCUT2D eigenvalue weighted by Gasteiger charge is -2.00. The summed E-state index contributed by atoms with van der Waals surface area (Å²) in [5, 5.41) is 3.05. The summed E-state index contributed by atoms with van der Waals surface area (Å²) in [4.78, 5) is 7.94. The molecular weight excluding hydrogens is 178 g/mol. The molecular formula is C10H11N3O. The van der Waals surface area contributed by atoms with Crippen LogP contribution in [0.2, 0.25) is 0 Å². The highest BCUT2D eigenvalue weighted by molar-refractivity contribution is 5.63. The molecule has 4 heteroatoms. The molecule has 2 aromatic rings. The van der Waals surface area contributed by atoms with Crippen molar-refractivity contribution >= 4 is 0 Å². The first-order valence-electron chi connectivity index (χ1n) is 4.38. The van der Waals surface area contributed by atoms with Crippen LogP contribution in [0.25, 0.3) is 11.1 Å². The van der Waals surface area contributed by atoms with Gasteiger partial charge >= 0.3 is 0 Å². The maximum Gasteiger partial charge on any atom is 0.125 e. The van der Waals surface area contributed by atoms with Gasteiger partial charge in [-0.3, -0.25) is 0 Å². The Kier molecular flexibility index (Phi) is 2.55. The third kappa shape index (κ3) is 1.65. The van der Waals surface area contributed by atoms with E-state index in [2.05, 4.69) is 15.3 Å². The van der Waals surface area contributed by atoms with Crippen LogP contribution in [0.1, 0.15) is 5.76 Å². The van der Waals surface area contributed by atoms with E-state index in [1.807, 2.05) is 13.1 Å². The molecule has 0 fully saturated rings. The van der Waals surface area contributed by atoms with Crippen LogP contribution in [0.5, 0.6) is 0 Å². The van der Waals surface area contributed by atoms with Gasteiger partial charge in [-0.15, -0.1) is 0 Å². The molecule has 0 aliphatic rings. The Morgan fingerprint density at radius 2 is 2.14 bits per heavy atom. The fraction of sp³-hybridized carbons (Fsp3) is 0.200. The molecule has 72 valence electrons. The van der Waals surface area contributed by atoms with E-state index in [-0.39, 0.29) is 0 Å². The van der Waals surface area contributed by atoms with Crippen LogP contribution >= 0.6 is 0 Å². The van der Waals surface area contributed by atoms with Crippen molar-refractivity contribution < 1.29 is 4.42 Å². The Labute approximate surface area is 82.0 Å². The second kappa shape index (κ2) is 4.02. The third-order valence-corrected chi connectivity index (χ3v) is 1.95. The predicted molar refractivity (Wildman–Crippen MR) is 52.5 cm³/mol. The summed E-state index contributed by atoms with van der Waals surface area (Å²) in [7, 11) is 1.88. The van der Waals surface area contributed by atoms with E-state index in [0.717, 1.165) is 16.9 Å². The fourth-order valence-corrected chi connectivity index (χ4v) is 1.33. The van der Waals surface area contributed by atoms with Gasteiger partial charge in [0.25, 0.3) is 0 Å². The Hall–Kier alpha value is -1.68. The average molecular weight is 189 g/mol. The van der Waals surface area contributed by atoms with Crippen LogP contribution in [0.3, 0.4) is 0 Å². The largest absolute Gasteiger partial charge is 0.467 e. The molecule has 0 aliphatic carbocycles. The van der Waals surface area contributed by atoms with E-state index in [1.54, 1.807) is 18.7 Å². The Morgan fingerprint density at radius 3 is 2.86 bits per heavy atom. The van der Waals surface area contributed by atoms with Gasteiger partial charge in [-0.25, -0.2) is 9.97 Å². The van der Waals surface area contributed by atoms with Crippen molar-refractivity contribution in [1.29, 1.82) is 0 Å². The van der Waals surface area contributed by atoms with Gasteiger partial charge in [0.1, 0.15) is 12.1 Å². The zero-order valence-corrected chi connectivity index (χ0v) is 7.90. The molecule has 0 saturated heterocycles. The van der Waals surface area contributed by atoms with E-state index in [1.165, 1.54) is 6.33 Å². The molecule has 0 amide bonds. The summed E-state index contributed by atoms with van der Waals surface area (Å²) < 4.78 is 5.34. The zero-order chi connectivity index (χ0) is 9.80. The lowest BCUT2D eigenvalue weighted by atomic mass is 10.1. The third-order valence-electron chi connectivity index (χ3n) is 1.95. The lowest BCUT2D eigenvalue weighted by molar-refractivity contribution is 0.496. The highest BCUT2D eigenvalue weighted by Crippen LogP contribution is 2.22. The summed E-state index contributed by atoms with van der Waals surface area (Å²) in [5.74, 6) is 0.905. The first kappa shape index (κ1) is 8.90. The minimum atomic E-state index is 0.706. The van der Waals surface area contributed by atoms with Gasteiger partial charge in [-0.1, -0.05) is 0 Å². The van der Waals surface area contributed by atoms with Crippen LogP contribution in [-0.4, -0.2) is 17.0 Å². The van der Waals surface area contributed by atoms with Crippen LogP contribution in [0.4, 0.5) is 0 Å². The van der Waals surface area contributed by atoms with Crippen LogP contribution in [0, 0.1) is 0 Å². The molecule has 2 rings (SSSR count). The molecule has 0 aromatic carbocycles. The molecule has 0 radical (unpaired) electrons. The summed E-state index contributed by atoms with van der Waals surface area (Å²) in [5.41, 5.74) is 2.02. The smallest absolute Gasteiger partial charge is 0.125 e. The summed E-state index contributed by atoms with van der Waals surface area (Å²) >= 11 is 0. The van der Waals surface area contributed by atoms with E-state index in [0.29, 0.717) is 6.54 Å². The molecule has 0 saturated carbocycles. The molecule has 14 heavy (non-hydrogen) atoms. The standard InChI is InChI=1S/C10H11N3O/c1-11-6-10-9(2-3-14-10)8-4-12-7-13-5-8/h2-5,7,11H,6H2,1H3. The first-order chi connectivity index (χ1) is 6.92. The van der Waals surface area contributed by atoms with E-state index in [9.17, 15) is 0 Å². The normalized spacial score (nSPS) is 10.4. The van der Waals surface area contributed by atoms with Crippen LogP contribution in [0.15, 0.2) is 35.5 Å². The molecule has 0 bridgehead atoms. The number of aromatic nitrogens is 2. The number of furan rings is 1. The van der Waals surface area contributed by atoms with Gasteiger partial charge in [-0.2, -0.15) is 0 Å². The second-order valence-corrected chi connectivity index (χ2v) is 2.91. The molecule has 2 heterocycles. The number of hydrogen-bond donors (Lipinski definition) is 1. The average Bonchev–Trinajstić information content (AvgIpc) is 2.68. The van der Waals surface area contributed by atoms with Crippen molar-refractivity contribution in [2.75, 3.05) is 7.05 Å². The molecule has 0 atom stereocenters. The minimum absolute atomic E-state index is 0.706. The quantitative estimate of drug-likeness (QED) is 0.794. The fourth-order valence-electron chi connectivity index (χ4n) is 1.33. The van der Waals surface area contributed by atoms with E-state index < -0.39 is 0 Å². The Morgan fingerprint density at radius 1 is 1.36 bits per heavy atom. The maximum atomic E-state index is 5.34. The zero-order valence-electron chi connectivity index (χ0n) is 7.90. The molecule has 0 unspecified atom stereocenters. The van der Waals surface area contributed by atoms with Crippen LogP contribution < -0.4 is 5.32 Å². The summed E-state index contributed by atoms with van der Waals surface area (Å²) in [6.07, 6.45) is 6.74. The van der Waals surface area contributed by atoms with E-state index in [4.69, 9.17) is 4.42 Å². The SMILES string of the molecule is CNCc1occc1-c1cncnc1. The number of nitrogens with one attached hydrogen (secondary N) is 1. The number of rotatable bonds is 3. The first-order valence-corrected chi connectivity index (χ1v) is 4.38. The summed E-state index contributed by atoms with van der Waals surface area (Å²) in [6, 6.07) is 1.92. The molecule has 0 spiro atoms. The van der Waals surface area contributed by atoms with Crippen molar-refractivity contribution in [2.24, 2.45) is 0 Å². The van der Waals surface area contributed by atoms with Gasteiger partial charge in [0, 0.05) is 23.5 Å². The van der Waals surface area contributed by atoms with Crippen molar-refractivity contribution in [2.45, 2.75) is 6.54 Å². The molecule has 2 aromatic heterocycles. The van der Waals surface area contributed by atoms with Crippen LogP contribution in [-0.2, 0) is 6.54 Å².